The monoisotopic (exact) mass is 166 g/mol. The van der Waals surface area contributed by atoms with Gasteiger partial charge in [-0.05, 0) is 19.9 Å². The number of nitrogens with one attached hydrogen (secondary N) is 1. The number of allylic oxidation sites excluding steroid dienone is 1. The summed E-state index contributed by atoms with van der Waals surface area (Å²) in [6.07, 6.45) is 1.91. The molecule has 1 unspecified atom stereocenters. The number of hydrazine groups is 1. The summed E-state index contributed by atoms with van der Waals surface area (Å²) in [7, 11) is 0. The Morgan fingerprint density at radius 1 is 1.83 bits per heavy atom. The Hall–Kier alpha value is -1.29. The molecule has 0 radical (unpaired) electrons. The fraction of sp³-hybridized carbons (Fsp3) is 0.375. The first kappa shape index (κ1) is 8.80. The minimum Gasteiger partial charge on any atom is -0.327 e. The molecule has 1 atom stereocenters. The Kier molecular flexibility index (Phi) is 2.50. The molecule has 1 heterocycles. The van der Waals surface area contributed by atoms with Crippen LogP contribution in [-0.2, 0) is 0 Å². The summed E-state index contributed by atoms with van der Waals surface area (Å²) in [5.41, 5.74) is 4.26. The van der Waals surface area contributed by atoms with Crippen LogP contribution in [0.15, 0.2) is 24.5 Å². The molecule has 0 fully saturated rings. The Morgan fingerprint density at radius 3 is 2.92 bits per heavy atom. The van der Waals surface area contributed by atoms with E-state index in [2.05, 4.69) is 17.1 Å². The summed E-state index contributed by atoms with van der Waals surface area (Å²) in [5.74, 6) is 5.23. The average Bonchev–Trinajstić information content (AvgIpc) is 2.49. The summed E-state index contributed by atoms with van der Waals surface area (Å²) >= 11 is 0. The fourth-order valence-corrected chi connectivity index (χ4v) is 0.929. The summed E-state index contributed by atoms with van der Waals surface area (Å²) in [6.45, 7) is 7.69. The van der Waals surface area contributed by atoms with Gasteiger partial charge in [-0.2, -0.15) is 5.10 Å². The predicted molar refractivity (Wildman–Crippen MR) is 48.1 cm³/mol. The topological polar surface area (TPSA) is 55.9 Å². The van der Waals surface area contributed by atoms with E-state index >= 15 is 0 Å². The smallest absolute Gasteiger partial charge is 0.0893 e. The van der Waals surface area contributed by atoms with Crippen molar-refractivity contribution in [2.24, 2.45) is 5.84 Å². The van der Waals surface area contributed by atoms with Crippen LogP contribution in [0.2, 0.25) is 0 Å². The van der Waals surface area contributed by atoms with E-state index in [0.29, 0.717) is 0 Å². The van der Waals surface area contributed by atoms with Gasteiger partial charge in [-0.15, -0.1) is 0 Å². The lowest BCUT2D eigenvalue weighted by Crippen LogP contribution is -2.26. The first-order chi connectivity index (χ1) is 5.65. The van der Waals surface area contributed by atoms with Crippen LogP contribution < -0.4 is 11.3 Å². The van der Waals surface area contributed by atoms with Gasteiger partial charge in [0, 0.05) is 11.9 Å². The van der Waals surface area contributed by atoms with E-state index in [0.717, 1.165) is 11.4 Å². The fourth-order valence-electron chi connectivity index (χ4n) is 0.929. The van der Waals surface area contributed by atoms with Gasteiger partial charge in [-0.1, -0.05) is 6.58 Å². The maximum Gasteiger partial charge on any atom is 0.0893 e. The van der Waals surface area contributed by atoms with E-state index in [1.54, 1.807) is 0 Å². The van der Waals surface area contributed by atoms with E-state index in [1.165, 1.54) is 0 Å². The summed E-state index contributed by atoms with van der Waals surface area (Å²) in [5, 5.41) is 4.24. The molecule has 0 amide bonds. The van der Waals surface area contributed by atoms with Crippen LogP contribution in [0.5, 0.6) is 0 Å². The number of hydrogen-bond donors (Lipinski definition) is 2. The van der Waals surface area contributed by atoms with Crippen LogP contribution in [0.25, 0.3) is 0 Å². The third-order valence-corrected chi connectivity index (χ3v) is 1.83. The normalized spacial score (nSPS) is 12.6. The van der Waals surface area contributed by atoms with Crippen molar-refractivity contribution in [2.75, 3.05) is 0 Å². The third-order valence-electron chi connectivity index (χ3n) is 1.83. The van der Waals surface area contributed by atoms with Crippen molar-refractivity contribution in [3.63, 3.8) is 0 Å². The highest BCUT2D eigenvalue weighted by atomic mass is 15.3. The minimum absolute atomic E-state index is 0.0868. The van der Waals surface area contributed by atoms with Crippen molar-refractivity contribution in [3.8, 4) is 0 Å². The molecule has 66 valence electrons. The standard InChI is InChI=1S/C8H14N4/c1-6-4-5-12(11-6)8(3)7(2)10-9/h4-5,8,10H,2,9H2,1,3H3. The third kappa shape index (κ3) is 1.65. The maximum atomic E-state index is 5.23. The zero-order valence-corrected chi connectivity index (χ0v) is 7.41. The van der Waals surface area contributed by atoms with Gasteiger partial charge in [0.2, 0.25) is 0 Å². The Bertz CT molecular complexity index is 276. The SMILES string of the molecule is C=C(NN)C(C)n1ccc(C)n1. The van der Waals surface area contributed by atoms with Crippen molar-refractivity contribution in [3.05, 3.63) is 30.2 Å². The van der Waals surface area contributed by atoms with Crippen molar-refractivity contribution >= 4 is 0 Å². The van der Waals surface area contributed by atoms with E-state index in [9.17, 15) is 0 Å². The second-order valence-corrected chi connectivity index (χ2v) is 2.78. The quantitative estimate of drug-likeness (QED) is 0.514. The Labute approximate surface area is 72.0 Å². The van der Waals surface area contributed by atoms with Gasteiger partial charge in [0.15, 0.2) is 0 Å². The summed E-state index contributed by atoms with van der Waals surface area (Å²) in [6, 6.07) is 2.03. The van der Waals surface area contributed by atoms with E-state index in [1.807, 2.05) is 30.8 Å². The first-order valence-corrected chi connectivity index (χ1v) is 3.82. The molecule has 0 aromatic carbocycles. The van der Waals surface area contributed by atoms with Crippen molar-refractivity contribution in [1.82, 2.24) is 15.2 Å². The molecule has 12 heavy (non-hydrogen) atoms. The lowest BCUT2D eigenvalue weighted by Gasteiger charge is -2.14. The van der Waals surface area contributed by atoms with Gasteiger partial charge in [0.1, 0.15) is 0 Å². The number of rotatable bonds is 3. The van der Waals surface area contributed by atoms with Crippen molar-refractivity contribution in [1.29, 1.82) is 0 Å². The molecule has 0 saturated carbocycles. The molecule has 0 aliphatic carbocycles. The van der Waals surface area contributed by atoms with Gasteiger partial charge in [0.25, 0.3) is 0 Å². The highest BCUT2D eigenvalue weighted by molar-refractivity contribution is 5.02. The van der Waals surface area contributed by atoms with Crippen LogP contribution in [-0.4, -0.2) is 9.78 Å². The van der Waals surface area contributed by atoms with Crippen LogP contribution >= 0.6 is 0 Å². The Balaban J connectivity index is 2.77. The number of aryl methyl sites for hydroxylation is 1. The molecule has 0 bridgehead atoms. The molecule has 0 aliphatic rings. The summed E-state index contributed by atoms with van der Waals surface area (Å²) in [4.78, 5) is 0. The van der Waals surface area contributed by atoms with E-state index < -0.39 is 0 Å². The first-order valence-electron chi connectivity index (χ1n) is 3.82. The van der Waals surface area contributed by atoms with Gasteiger partial charge < -0.3 is 5.43 Å². The van der Waals surface area contributed by atoms with Crippen molar-refractivity contribution < 1.29 is 0 Å². The molecule has 4 heteroatoms. The lowest BCUT2D eigenvalue weighted by molar-refractivity contribution is 0.522. The largest absolute Gasteiger partial charge is 0.327 e. The number of hydrogen-bond acceptors (Lipinski definition) is 3. The molecule has 1 rings (SSSR count). The molecule has 0 saturated heterocycles. The molecule has 0 spiro atoms. The molecular weight excluding hydrogens is 152 g/mol. The molecular formula is C8H14N4. The van der Waals surface area contributed by atoms with E-state index in [-0.39, 0.29) is 6.04 Å². The average molecular weight is 166 g/mol. The minimum atomic E-state index is 0.0868. The van der Waals surface area contributed by atoms with Crippen LogP contribution in [0.3, 0.4) is 0 Å². The lowest BCUT2D eigenvalue weighted by atomic mass is 10.3. The van der Waals surface area contributed by atoms with Gasteiger partial charge in [-0.3, -0.25) is 10.5 Å². The van der Waals surface area contributed by atoms with Crippen LogP contribution in [0.1, 0.15) is 18.7 Å². The van der Waals surface area contributed by atoms with E-state index in [4.69, 9.17) is 5.84 Å². The van der Waals surface area contributed by atoms with Crippen LogP contribution in [0.4, 0.5) is 0 Å². The predicted octanol–water partition coefficient (Wildman–Crippen LogP) is 0.730. The Morgan fingerprint density at radius 2 is 2.50 bits per heavy atom. The van der Waals surface area contributed by atoms with Crippen molar-refractivity contribution in [2.45, 2.75) is 19.9 Å². The van der Waals surface area contributed by atoms with Gasteiger partial charge >= 0.3 is 0 Å². The molecule has 1 aromatic heterocycles. The zero-order valence-electron chi connectivity index (χ0n) is 7.41. The number of nitrogens with zero attached hydrogens (tertiary/aromatic N) is 2. The molecule has 4 nitrogen and oxygen atoms in total. The van der Waals surface area contributed by atoms with Gasteiger partial charge in [0.05, 0.1) is 11.7 Å². The maximum absolute atomic E-state index is 5.23. The molecule has 0 aliphatic heterocycles. The number of aromatic nitrogens is 2. The molecule has 3 N–H and O–H groups in total. The number of nitrogens with two attached hydrogens (primary N) is 1. The van der Waals surface area contributed by atoms with Crippen LogP contribution in [0, 0.1) is 6.92 Å². The zero-order chi connectivity index (χ0) is 9.14. The second-order valence-electron chi connectivity index (χ2n) is 2.78. The van der Waals surface area contributed by atoms with Gasteiger partial charge in [-0.25, -0.2) is 0 Å². The summed E-state index contributed by atoms with van der Waals surface area (Å²) < 4.78 is 1.82. The highest BCUT2D eigenvalue weighted by Crippen LogP contribution is 2.10. The second kappa shape index (κ2) is 3.40. The highest BCUT2D eigenvalue weighted by Gasteiger charge is 2.07. The molecule has 1 aromatic rings.